The van der Waals surface area contributed by atoms with Gasteiger partial charge in [-0.25, -0.2) is 9.69 Å². The lowest BCUT2D eigenvalue weighted by Crippen LogP contribution is -2.54. The second kappa shape index (κ2) is 10.6. The van der Waals surface area contributed by atoms with E-state index in [4.69, 9.17) is 23.7 Å². The summed E-state index contributed by atoms with van der Waals surface area (Å²) in [6.07, 6.45) is 1.32. The Balaban J connectivity index is 2.13. The monoisotopic (exact) mass is 470 g/mol. The number of nitrogens with one attached hydrogen (secondary N) is 1. The zero-order valence-electron chi connectivity index (χ0n) is 19.6. The topological polar surface area (TPSA) is 113 Å². The molecule has 0 saturated carbocycles. The zero-order valence-corrected chi connectivity index (χ0v) is 19.6. The Hall–Kier alpha value is -4.21. The van der Waals surface area contributed by atoms with Crippen LogP contribution in [-0.2, 0) is 9.59 Å². The van der Waals surface area contributed by atoms with Crippen LogP contribution in [0.15, 0.2) is 35.9 Å². The highest BCUT2D eigenvalue weighted by molar-refractivity contribution is 6.39. The highest BCUT2D eigenvalue weighted by Crippen LogP contribution is 2.41. The van der Waals surface area contributed by atoms with E-state index in [0.717, 1.165) is 4.90 Å². The number of barbiturate groups is 1. The Morgan fingerprint density at radius 3 is 2.15 bits per heavy atom. The summed E-state index contributed by atoms with van der Waals surface area (Å²) in [4.78, 5) is 39.7. The highest BCUT2D eigenvalue weighted by Gasteiger charge is 2.38. The van der Waals surface area contributed by atoms with Crippen molar-refractivity contribution in [2.24, 2.45) is 0 Å². The summed E-state index contributed by atoms with van der Waals surface area (Å²) >= 11 is 0. The van der Waals surface area contributed by atoms with Crippen LogP contribution in [0, 0.1) is 0 Å². The number of nitrogens with zero attached hydrogens (tertiary/aromatic N) is 1. The van der Waals surface area contributed by atoms with Gasteiger partial charge in [-0.2, -0.15) is 0 Å². The third-order valence-corrected chi connectivity index (χ3v) is 4.92. The number of anilines is 1. The number of benzene rings is 2. The summed E-state index contributed by atoms with van der Waals surface area (Å²) in [5, 5.41) is 2.20. The Bertz CT molecular complexity index is 1140. The fraction of sp³-hybridized carbons (Fsp3) is 0.292. The van der Waals surface area contributed by atoms with E-state index >= 15 is 0 Å². The van der Waals surface area contributed by atoms with Crippen LogP contribution in [0.3, 0.4) is 0 Å². The lowest BCUT2D eigenvalue weighted by Gasteiger charge is -2.28. The predicted molar refractivity (Wildman–Crippen MR) is 124 cm³/mol. The summed E-state index contributed by atoms with van der Waals surface area (Å²) in [7, 11) is 4.34. The molecule has 1 aliphatic heterocycles. The molecule has 1 aliphatic rings. The molecule has 0 bridgehead atoms. The lowest BCUT2D eigenvalue weighted by atomic mass is 10.0. The molecule has 0 unspecified atom stereocenters. The Kier molecular flexibility index (Phi) is 7.62. The Morgan fingerprint density at radius 2 is 1.53 bits per heavy atom. The predicted octanol–water partition coefficient (Wildman–Crippen LogP) is 3.18. The van der Waals surface area contributed by atoms with Crippen molar-refractivity contribution >= 4 is 29.6 Å². The lowest BCUT2D eigenvalue weighted by molar-refractivity contribution is -0.122. The molecule has 0 radical (unpaired) electrons. The van der Waals surface area contributed by atoms with Crippen molar-refractivity contribution in [1.82, 2.24) is 5.32 Å². The van der Waals surface area contributed by atoms with E-state index in [1.807, 2.05) is 6.92 Å². The van der Waals surface area contributed by atoms with Crippen molar-refractivity contribution in [3.05, 3.63) is 41.5 Å². The molecule has 0 aromatic heterocycles. The van der Waals surface area contributed by atoms with Gasteiger partial charge in [-0.05, 0) is 44.2 Å². The van der Waals surface area contributed by atoms with Crippen LogP contribution >= 0.6 is 0 Å². The van der Waals surface area contributed by atoms with Gasteiger partial charge in [-0.15, -0.1) is 0 Å². The van der Waals surface area contributed by atoms with Gasteiger partial charge in [-0.1, -0.05) is 0 Å². The molecule has 4 amide bonds. The van der Waals surface area contributed by atoms with Crippen molar-refractivity contribution in [2.75, 3.05) is 39.4 Å². The number of carbonyl (C=O) groups excluding carboxylic acids is 3. The minimum absolute atomic E-state index is 0.146. The van der Waals surface area contributed by atoms with E-state index in [-0.39, 0.29) is 22.8 Å². The molecule has 0 aliphatic carbocycles. The van der Waals surface area contributed by atoms with Crippen LogP contribution in [0.2, 0.25) is 0 Å². The highest BCUT2D eigenvalue weighted by atomic mass is 16.5. The SMILES string of the molecule is CCOc1ccc(OCC)c(N2C(=O)NC(=O)/C(=C/c3ccc(OC)c(OC)c3OC)C2=O)c1. The van der Waals surface area contributed by atoms with Gasteiger partial charge in [0.2, 0.25) is 5.75 Å². The fourth-order valence-electron chi connectivity index (χ4n) is 3.48. The fourth-order valence-corrected chi connectivity index (χ4v) is 3.48. The van der Waals surface area contributed by atoms with Gasteiger partial charge < -0.3 is 23.7 Å². The number of hydrogen-bond acceptors (Lipinski definition) is 8. The summed E-state index contributed by atoms with van der Waals surface area (Å²) in [5.74, 6) is -0.00263. The van der Waals surface area contributed by atoms with Crippen molar-refractivity contribution in [3.63, 3.8) is 0 Å². The number of hydrogen-bond donors (Lipinski definition) is 1. The van der Waals surface area contributed by atoms with E-state index in [1.165, 1.54) is 33.5 Å². The maximum atomic E-state index is 13.4. The number of urea groups is 1. The molecule has 10 nitrogen and oxygen atoms in total. The van der Waals surface area contributed by atoms with Crippen molar-refractivity contribution in [1.29, 1.82) is 0 Å². The number of carbonyl (C=O) groups is 3. The minimum atomic E-state index is -0.902. The number of imide groups is 2. The molecule has 2 aromatic rings. The molecule has 0 spiro atoms. The first-order chi connectivity index (χ1) is 16.4. The first kappa shape index (κ1) is 24.4. The molecular weight excluding hydrogens is 444 g/mol. The smallest absolute Gasteiger partial charge is 0.336 e. The molecule has 10 heteroatoms. The molecule has 34 heavy (non-hydrogen) atoms. The summed E-state index contributed by atoms with van der Waals surface area (Å²) in [5.41, 5.74) is 0.239. The first-order valence-corrected chi connectivity index (χ1v) is 10.5. The zero-order chi connectivity index (χ0) is 24.8. The molecule has 0 atom stereocenters. The van der Waals surface area contributed by atoms with Crippen molar-refractivity contribution in [3.8, 4) is 28.7 Å². The van der Waals surface area contributed by atoms with E-state index < -0.39 is 17.8 Å². The van der Waals surface area contributed by atoms with Gasteiger partial charge in [0.1, 0.15) is 17.1 Å². The Morgan fingerprint density at radius 1 is 0.853 bits per heavy atom. The summed E-state index contributed by atoms with van der Waals surface area (Å²) < 4.78 is 27.2. The van der Waals surface area contributed by atoms with Gasteiger partial charge >= 0.3 is 6.03 Å². The van der Waals surface area contributed by atoms with Gasteiger partial charge in [0.25, 0.3) is 11.8 Å². The van der Waals surface area contributed by atoms with E-state index in [0.29, 0.717) is 36.0 Å². The van der Waals surface area contributed by atoms with Crippen LogP contribution < -0.4 is 33.9 Å². The molecule has 1 heterocycles. The minimum Gasteiger partial charge on any atom is -0.494 e. The number of amides is 4. The van der Waals surface area contributed by atoms with E-state index in [2.05, 4.69) is 5.32 Å². The van der Waals surface area contributed by atoms with Crippen molar-refractivity contribution in [2.45, 2.75) is 13.8 Å². The Labute approximate surface area is 197 Å². The van der Waals surface area contributed by atoms with Crippen LogP contribution in [-0.4, -0.2) is 52.4 Å². The average molecular weight is 470 g/mol. The molecular formula is C24H26N2O8. The average Bonchev–Trinajstić information content (AvgIpc) is 2.82. The van der Waals surface area contributed by atoms with Gasteiger partial charge in [-0.3, -0.25) is 14.9 Å². The van der Waals surface area contributed by atoms with E-state index in [9.17, 15) is 14.4 Å². The maximum Gasteiger partial charge on any atom is 0.336 e. The second-order valence-corrected chi connectivity index (χ2v) is 6.88. The molecule has 1 fully saturated rings. The first-order valence-electron chi connectivity index (χ1n) is 10.5. The number of ether oxygens (including phenoxy) is 5. The quantitative estimate of drug-likeness (QED) is 0.439. The van der Waals surface area contributed by atoms with Gasteiger partial charge in [0, 0.05) is 11.6 Å². The van der Waals surface area contributed by atoms with Gasteiger partial charge in [0.05, 0.1) is 40.2 Å². The third-order valence-electron chi connectivity index (χ3n) is 4.92. The normalized spacial score (nSPS) is 14.7. The number of rotatable bonds is 9. The maximum absolute atomic E-state index is 13.4. The molecule has 1 N–H and O–H groups in total. The molecule has 1 saturated heterocycles. The van der Waals surface area contributed by atoms with E-state index in [1.54, 1.807) is 31.2 Å². The van der Waals surface area contributed by atoms with Gasteiger partial charge in [0.15, 0.2) is 11.5 Å². The largest absolute Gasteiger partial charge is 0.494 e. The van der Waals surface area contributed by atoms with Crippen LogP contribution in [0.5, 0.6) is 28.7 Å². The summed E-state index contributed by atoms with van der Waals surface area (Å²) in [6, 6.07) is 7.09. The standard InChI is InChI=1S/C24H26N2O8/c1-6-33-15-9-11-18(34-7-2)17(13-15)26-23(28)16(22(27)25-24(26)29)12-14-8-10-19(30-3)21(32-5)20(14)31-4/h8-13H,6-7H2,1-5H3,(H,25,27,29)/b16-12-. The van der Waals surface area contributed by atoms with Crippen LogP contribution in [0.1, 0.15) is 19.4 Å². The molecule has 180 valence electrons. The molecule has 2 aromatic carbocycles. The number of methoxy groups -OCH3 is 3. The van der Waals surface area contributed by atoms with Crippen LogP contribution in [0.25, 0.3) is 6.08 Å². The third kappa shape index (κ3) is 4.61. The van der Waals surface area contributed by atoms with Crippen molar-refractivity contribution < 1.29 is 38.1 Å². The summed E-state index contributed by atoms with van der Waals surface area (Å²) in [6.45, 7) is 4.27. The van der Waals surface area contributed by atoms with Crippen LogP contribution in [0.4, 0.5) is 10.5 Å². The molecule has 3 rings (SSSR count). The second-order valence-electron chi connectivity index (χ2n) is 6.88.